The van der Waals surface area contributed by atoms with Crippen LogP contribution in [0.5, 0.6) is 0 Å². The van der Waals surface area contributed by atoms with Gasteiger partial charge >= 0.3 is 0 Å². The molecular formula is C19H30N2O5S2. The van der Waals surface area contributed by atoms with Crippen LogP contribution in [0.3, 0.4) is 0 Å². The fourth-order valence-electron chi connectivity index (χ4n) is 3.10. The molecule has 1 saturated heterocycles. The van der Waals surface area contributed by atoms with Gasteiger partial charge in [0.2, 0.25) is 15.9 Å². The number of hydrogen-bond acceptors (Lipinski definition) is 5. The number of anilines is 1. The number of sulfone groups is 1. The number of sulfonamides is 1. The van der Waals surface area contributed by atoms with Crippen LogP contribution in [-0.4, -0.2) is 57.5 Å². The van der Waals surface area contributed by atoms with E-state index < -0.39 is 24.6 Å². The quantitative estimate of drug-likeness (QED) is 0.744. The maximum atomic E-state index is 12.5. The van der Waals surface area contributed by atoms with Gasteiger partial charge in [-0.25, -0.2) is 16.8 Å². The fourth-order valence-corrected chi connectivity index (χ4v) is 5.12. The lowest BCUT2D eigenvalue weighted by Gasteiger charge is -2.33. The number of nitrogens with zero attached hydrogens (tertiary/aromatic N) is 1. The van der Waals surface area contributed by atoms with Crippen molar-refractivity contribution in [2.24, 2.45) is 5.92 Å². The maximum absolute atomic E-state index is 12.5. The molecule has 0 atom stereocenters. The minimum atomic E-state index is -3.33. The van der Waals surface area contributed by atoms with Gasteiger partial charge in [-0.15, -0.1) is 0 Å². The highest BCUT2D eigenvalue weighted by atomic mass is 32.2. The van der Waals surface area contributed by atoms with Crippen LogP contribution in [0.15, 0.2) is 24.3 Å². The summed E-state index contributed by atoms with van der Waals surface area (Å²) in [6.07, 6.45) is 2.71. The van der Waals surface area contributed by atoms with Gasteiger partial charge in [-0.2, -0.15) is 0 Å². The first-order chi connectivity index (χ1) is 12.8. The summed E-state index contributed by atoms with van der Waals surface area (Å²) >= 11 is 0. The molecule has 0 bridgehead atoms. The van der Waals surface area contributed by atoms with Gasteiger partial charge in [-0.1, -0.05) is 12.1 Å². The molecule has 7 nitrogen and oxygen atoms in total. The Balaban J connectivity index is 1.87. The van der Waals surface area contributed by atoms with Gasteiger partial charge in [0.05, 0.1) is 23.2 Å². The molecule has 9 heteroatoms. The Hall–Kier alpha value is -1.61. The molecule has 1 fully saturated rings. The van der Waals surface area contributed by atoms with Crippen LogP contribution in [0.2, 0.25) is 0 Å². The Bertz CT molecular complexity index is 893. The highest BCUT2D eigenvalue weighted by Gasteiger charge is 2.33. The van der Waals surface area contributed by atoms with Gasteiger partial charge in [-0.05, 0) is 57.2 Å². The number of nitrogens with one attached hydrogen (secondary N) is 1. The van der Waals surface area contributed by atoms with Gasteiger partial charge in [0.25, 0.3) is 0 Å². The first-order valence-electron chi connectivity index (χ1n) is 9.34. The molecule has 0 aliphatic carbocycles. The molecule has 1 heterocycles. The summed E-state index contributed by atoms with van der Waals surface area (Å²) in [6, 6.07) is 6.72. The second-order valence-electron chi connectivity index (χ2n) is 8.47. The summed E-state index contributed by atoms with van der Waals surface area (Å²) in [6.45, 7) is 6.29. The van der Waals surface area contributed by atoms with Crippen molar-refractivity contribution in [1.29, 1.82) is 0 Å². The van der Waals surface area contributed by atoms with Crippen molar-refractivity contribution in [3.63, 3.8) is 0 Å². The second kappa shape index (κ2) is 8.41. The monoisotopic (exact) mass is 430 g/mol. The predicted molar refractivity (Wildman–Crippen MR) is 111 cm³/mol. The smallest absolute Gasteiger partial charge is 0.229 e. The predicted octanol–water partition coefficient (Wildman–Crippen LogP) is 2.05. The van der Waals surface area contributed by atoms with Crippen LogP contribution in [0.1, 0.15) is 39.2 Å². The van der Waals surface area contributed by atoms with Crippen molar-refractivity contribution < 1.29 is 21.6 Å². The van der Waals surface area contributed by atoms with Crippen LogP contribution >= 0.6 is 0 Å². The SMILES string of the molecule is CC(C)(C)S(=O)(=O)CC1CCN(C(=O)Cc2ccc(NS(C)(=O)=O)cc2)CC1. The first kappa shape index (κ1) is 22.7. The third kappa shape index (κ3) is 6.48. The summed E-state index contributed by atoms with van der Waals surface area (Å²) in [5, 5.41) is 0. The van der Waals surface area contributed by atoms with Crippen LogP contribution in [0, 0.1) is 5.92 Å². The van der Waals surface area contributed by atoms with Crippen LogP contribution in [0.25, 0.3) is 0 Å². The van der Waals surface area contributed by atoms with E-state index in [4.69, 9.17) is 0 Å². The van der Waals surface area contributed by atoms with Crippen molar-refractivity contribution in [2.45, 2.75) is 44.8 Å². The lowest BCUT2D eigenvalue weighted by molar-refractivity contribution is -0.131. The summed E-state index contributed by atoms with van der Waals surface area (Å²) in [5.74, 6) is 0.267. The normalized spacial score (nSPS) is 16.8. The summed E-state index contributed by atoms with van der Waals surface area (Å²) in [4.78, 5) is 14.3. The molecule has 1 amide bonds. The second-order valence-corrected chi connectivity index (χ2v) is 13.0. The molecule has 0 saturated carbocycles. The highest BCUT2D eigenvalue weighted by Crippen LogP contribution is 2.25. The maximum Gasteiger partial charge on any atom is 0.229 e. The minimum absolute atomic E-state index is 0.000880. The van der Waals surface area contributed by atoms with Crippen LogP contribution < -0.4 is 4.72 Å². The highest BCUT2D eigenvalue weighted by molar-refractivity contribution is 7.92. The average molecular weight is 431 g/mol. The van der Waals surface area contributed by atoms with E-state index in [1.54, 1.807) is 49.9 Å². The Morgan fingerprint density at radius 2 is 1.61 bits per heavy atom. The molecule has 2 rings (SSSR count). The molecule has 1 aliphatic heterocycles. The number of rotatable bonds is 6. The lowest BCUT2D eigenvalue weighted by Crippen LogP contribution is -2.42. The molecule has 0 spiro atoms. The van der Waals surface area contributed by atoms with E-state index in [9.17, 15) is 21.6 Å². The summed E-state index contributed by atoms with van der Waals surface area (Å²) < 4.78 is 48.8. The third-order valence-corrected chi connectivity index (χ3v) is 8.35. The Kier molecular flexibility index (Phi) is 6.81. The van der Waals surface area contributed by atoms with E-state index in [1.807, 2.05) is 0 Å². The molecule has 158 valence electrons. The van der Waals surface area contributed by atoms with E-state index in [2.05, 4.69) is 4.72 Å². The van der Waals surface area contributed by atoms with Gasteiger partial charge in [0.15, 0.2) is 9.84 Å². The minimum Gasteiger partial charge on any atom is -0.342 e. The van der Waals surface area contributed by atoms with Crippen LogP contribution in [-0.2, 0) is 31.1 Å². The molecule has 1 N–H and O–H groups in total. The number of piperidine rings is 1. The van der Waals surface area contributed by atoms with Crippen molar-refractivity contribution in [3.8, 4) is 0 Å². The van der Waals surface area contributed by atoms with E-state index >= 15 is 0 Å². The zero-order valence-electron chi connectivity index (χ0n) is 16.9. The van der Waals surface area contributed by atoms with Crippen molar-refractivity contribution >= 4 is 31.5 Å². The van der Waals surface area contributed by atoms with E-state index in [-0.39, 0.29) is 24.0 Å². The van der Waals surface area contributed by atoms with E-state index in [0.29, 0.717) is 31.6 Å². The average Bonchev–Trinajstić information content (AvgIpc) is 2.54. The Morgan fingerprint density at radius 3 is 2.07 bits per heavy atom. The number of hydrogen-bond donors (Lipinski definition) is 1. The topological polar surface area (TPSA) is 101 Å². The zero-order valence-corrected chi connectivity index (χ0v) is 18.6. The summed E-state index contributed by atoms with van der Waals surface area (Å²) in [5.41, 5.74) is 1.26. The number of benzene rings is 1. The lowest BCUT2D eigenvalue weighted by atomic mass is 9.98. The number of likely N-dealkylation sites (tertiary alicyclic amines) is 1. The number of carbonyl (C=O) groups is 1. The largest absolute Gasteiger partial charge is 0.342 e. The molecule has 1 aliphatic rings. The molecule has 1 aromatic rings. The number of amides is 1. The van der Waals surface area contributed by atoms with Gasteiger partial charge in [0.1, 0.15) is 0 Å². The van der Waals surface area contributed by atoms with Gasteiger partial charge < -0.3 is 4.90 Å². The standard InChI is InChI=1S/C19H30N2O5S2/c1-19(2,3)28(25,26)14-16-9-11-21(12-10-16)18(22)13-15-5-7-17(8-6-15)20-27(4,23)24/h5-8,16,20H,9-14H2,1-4H3. The van der Waals surface area contributed by atoms with E-state index in [0.717, 1.165) is 11.8 Å². The van der Waals surface area contributed by atoms with Gasteiger partial charge in [-0.3, -0.25) is 9.52 Å². The van der Waals surface area contributed by atoms with Crippen molar-refractivity contribution in [2.75, 3.05) is 29.8 Å². The number of carbonyl (C=O) groups excluding carboxylic acids is 1. The molecule has 0 radical (unpaired) electrons. The molecule has 1 aromatic carbocycles. The molecule has 28 heavy (non-hydrogen) atoms. The third-order valence-electron chi connectivity index (χ3n) is 4.97. The summed E-state index contributed by atoms with van der Waals surface area (Å²) in [7, 11) is -6.48. The van der Waals surface area contributed by atoms with Gasteiger partial charge in [0, 0.05) is 18.8 Å². The molecular weight excluding hydrogens is 400 g/mol. The van der Waals surface area contributed by atoms with Crippen molar-refractivity contribution in [3.05, 3.63) is 29.8 Å². The zero-order chi connectivity index (χ0) is 21.2. The Labute approximate surface area is 168 Å². The fraction of sp³-hybridized carbons (Fsp3) is 0.632. The van der Waals surface area contributed by atoms with Crippen LogP contribution in [0.4, 0.5) is 5.69 Å². The van der Waals surface area contributed by atoms with Crippen molar-refractivity contribution in [1.82, 2.24) is 4.90 Å². The molecule has 0 unspecified atom stereocenters. The Morgan fingerprint density at radius 1 is 1.07 bits per heavy atom. The van der Waals surface area contributed by atoms with E-state index in [1.165, 1.54) is 0 Å². The first-order valence-corrected chi connectivity index (χ1v) is 12.9. The molecule has 0 aromatic heterocycles.